The van der Waals surface area contributed by atoms with E-state index >= 15 is 0 Å². The van der Waals surface area contributed by atoms with E-state index in [0.717, 1.165) is 58.5 Å². The van der Waals surface area contributed by atoms with Crippen molar-refractivity contribution in [3.63, 3.8) is 0 Å². The van der Waals surface area contributed by atoms with Crippen LogP contribution in [0.15, 0.2) is 0 Å². The number of carbonyl (C=O) groups is 1. The van der Waals surface area contributed by atoms with Crippen LogP contribution in [0.25, 0.3) is 10.2 Å². The minimum atomic E-state index is 0.147. The minimum absolute atomic E-state index is 0.147. The first-order valence-corrected chi connectivity index (χ1v) is 9.09. The fourth-order valence-corrected chi connectivity index (χ4v) is 4.87. The highest BCUT2D eigenvalue weighted by Gasteiger charge is 2.26. The Morgan fingerprint density at radius 3 is 2.70 bits per heavy atom. The molecular weight excluding hydrogens is 304 g/mol. The Kier molecular flexibility index (Phi) is 4.50. The van der Waals surface area contributed by atoms with Gasteiger partial charge in [0.25, 0.3) is 0 Å². The molecule has 1 saturated carbocycles. The van der Waals surface area contributed by atoms with E-state index in [1.807, 2.05) is 6.92 Å². The molecule has 1 radical (unpaired) electrons. The summed E-state index contributed by atoms with van der Waals surface area (Å²) in [6.45, 7) is 6.19. The first-order chi connectivity index (χ1) is 11.1. The van der Waals surface area contributed by atoms with Crippen LogP contribution in [0.3, 0.4) is 0 Å². The second-order valence-electron chi connectivity index (χ2n) is 6.32. The van der Waals surface area contributed by atoms with E-state index in [1.54, 1.807) is 6.42 Å². The van der Waals surface area contributed by atoms with Crippen LogP contribution in [0.4, 0.5) is 0 Å². The standard InChI is InChI=1S/C19H21N2OS/c1-4-14-11(2)18-15(10-20)17(23-19(18)21-12(14)3)9-16(22)13-7-5-6-8-13/h9,13H,4-8H2,1-3H3. The molecule has 0 spiro atoms. The first-order valence-electron chi connectivity index (χ1n) is 8.28. The van der Waals surface area contributed by atoms with E-state index in [9.17, 15) is 10.1 Å². The molecule has 3 nitrogen and oxygen atoms in total. The van der Waals surface area contributed by atoms with Gasteiger partial charge in [0, 0.05) is 21.9 Å². The Morgan fingerprint density at radius 2 is 2.09 bits per heavy atom. The van der Waals surface area contributed by atoms with Crippen LogP contribution >= 0.6 is 11.3 Å². The zero-order valence-electron chi connectivity index (χ0n) is 13.9. The molecule has 0 saturated heterocycles. The van der Waals surface area contributed by atoms with E-state index in [-0.39, 0.29) is 11.7 Å². The van der Waals surface area contributed by atoms with Gasteiger partial charge in [-0.2, -0.15) is 5.26 Å². The SMILES string of the molecule is CCc1c(C)nc2sc([CH]C(=O)C3CCCC3)c(C#N)c2c1C. The Hall–Kier alpha value is -1.73. The van der Waals surface area contributed by atoms with Gasteiger partial charge in [0.1, 0.15) is 16.7 Å². The number of ketones is 1. The van der Waals surface area contributed by atoms with Gasteiger partial charge >= 0.3 is 0 Å². The van der Waals surface area contributed by atoms with Crippen molar-refractivity contribution in [2.24, 2.45) is 5.92 Å². The number of hydrogen-bond acceptors (Lipinski definition) is 4. The zero-order chi connectivity index (χ0) is 16.6. The average Bonchev–Trinajstić information content (AvgIpc) is 3.14. The van der Waals surface area contributed by atoms with Gasteiger partial charge in [-0.1, -0.05) is 19.8 Å². The molecule has 3 rings (SSSR count). The molecule has 0 unspecified atom stereocenters. The van der Waals surface area contributed by atoms with E-state index in [1.165, 1.54) is 16.9 Å². The van der Waals surface area contributed by atoms with Crippen LogP contribution in [0.1, 0.15) is 59.9 Å². The summed E-state index contributed by atoms with van der Waals surface area (Å²) in [4.78, 5) is 18.8. The quantitative estimate of drug-likeness (QED) is 0.821. The number of nitriles is 1. The summed E-state index contributed by atoms with van der Waals surface area (Å²) >= 11 is 1.47. The number of rotatable bonds is 4. The lowest BCUT2D eigenvalue weighted by Gasteiger charge is -2.08. The third-order valence-corrected chi connectivity index (χ3v) is 5.98. The summed E-state index contributed by atoms with van der Waals surface area (Å²) in [6, 6.07) is 2.31. The first kappa shape index (κ1) is 16.1. The Balaban J connectivity index is 2.06. The lowest BCUT2D eigenvalue weighted by molar-refractivity contribution is -0.119. The van der Waals surface area contributed by atoms with Gasteiger partial charge in [0.05, 0.1) is 12.0 Å². The Labute approximate surface area is 141 Å². The monoisotopic (exact) mass is 325 g/mol. The van der Waals surface area contributed by atoms with Crippen molar-refractivity contribution in [1.29, 1.82) is 5.26 Å². The Morgan fingerprint density at radius 1 is 1.39 bits per heavy atom. The van der Waals surface area contributed by atoms with Crippen LogP contribution in [0, 0.1) is 37.5 Å². The number of thiophene rings is 1. The molecule has 1 fully saturated rings. The molecule has 0 aliphatic heterocycles. The van der Waals surface area contributed by atoms with Gasteiger partial charge in [-0.05, 0) is 44.2 Å². The predicted octanol–water partition coefficient (Wildman–Crippen LogP) is 4.66. The zero-order valence-corrected chi connectivity index (χ0v) is 14.7. The number of Topliss-reactive ketones (excluding diaryl/α,β-unsaturated/α-hetero) is 1. The summed E-state index contributed by atoms with van der Waals surface area (Å²) in [7, 11) is 0. The molecule has 4 heteroatoms. The smallest absolute Gasteiger partial charge is 0.145 e. The van der Waals surface area contributed by atoms with Gasteiger partial charge in [-0.15, -0.1) is 11.3 Å². The molecule has 0 atom stereocenters. The second-order valence-corrected chi connectivity index (χ2v) is 7.35. The molecule has 1 aliphatic rings. The van der Waals surface area contributed by atoms with Gasteiger partial charge < -0.3 is 0 Å². The summed E-state index contributed by atoms with van der Waals surface area (Å²) in [5.74, 6) is 0.324. The maximum absolute atomic E-state index is 12.5. The summed E-state index contributed by atoms with van der Waals surface area (Å²) < 4.78 is 0. The molecule has 2 aromatic heterocycles. The molecular formula is C19H21N2OS. The van der Waals surface area contributed by atoms with E-state index in [4.69, 9.17) is 0 Å². The van der Waals surface area contributed by atoms with E-state index in [0.29, 0.717) is 5.56 Å². The predicted molar refractivity (Wildman–Crippen MR) is 93.6 cm³/mol. The molecule has 0 bridgehead atoms. The van der Waals surface area contributed by atoms with Crippen molar-refractivity contribution in [3.05, 3.63) is 33.7 Å². The van der Waals surface area contributed by atoms with Crippen LogP contribution in [-0.2, 0) is 11.2 Å². The number of hydrogen-bond donors (Lipinski definition) is 0. The van der Waals surface area contributed by atoms with Crippen molar-refractivity contribution in [2.45, 2.75) is 52.9 Å². The molecule has 0 N–H and O–H groups in total. The molecule has 119 valence electrons. The van der Waals surface area contributed by atoms with Crippen molar-refractivity contribution < 1.29 is 4.79 Å². The van der Waals surface area contributed by atoms with Crippen LogP contribution in [-0.4, -0.2) is 10.8 Å². The number of aromatic nitrogens is 1. The van der Waals surface area contributed by atoms with Crippen LogP contribution < -0.4 is 0 Å². The highest BCUT2D eigenvalue weighted by Crippen LogP contribution is 2.36. The maximum Gasteiger partial charge on any atom is 0.145 e. The number of aryl methyl sites for hydroxylation is 2. The summed E-state index contributed by atoms with van der Waals surface area (Å²) in [5, 5.41) is 10.6. The second kappa shape index (κ2) is 6.41. The molecule has 0 aromatic carbocycles. The van der Waals surface area contributed by atoms with Crippen molar-refractivity contribution in [3.8, 4) is 6.07 Å². The number of pyridine rings is 1. The number of carbonyl (C=O) groups excluding carboxylic acids is 1. The molecule has 2 aromatic rings. The topological polar surface area (TPSA) is 53.8 Å². The van der Waals surface area contributed by atoms with Gasteiger partial charge in [-0.25, -0.2) is 4.98 Å². The molecule has 2 heterocycles. The number of nitrogens with zero attached hydrogens (tertiary/aromatic N) is 2. The highest BCUT2D eigenvalue weighted by molar-refractivity contribution is 7.19. The van der Waals surface area contributed by atoms with Crippen molar-refractivity contribution in [1.82, 2.24) is 4.98 Å². The molecule has 1 aliphatic carbocycles. The van der Waals surface area contributed by atoms with Crippen molar-refractivity contribution in [2.75, 3.05) is 0 Å². The van der Waals surface area contributed by atoms with Gasteiger partial charge in [0.15, 0.2) is 0 Å². The van der Waals surface area contributed by atoms with Crippen LogP contribution in [0.5, 0.6) is 0 Å². The average molecular weight is 325 g/mol. The molecule has 23 heavy (non-hydrogen) atoms. The lowest BCUT2D eigenvalue weighted by Crippen LogP contribution is -2.11. The van der Waals surface area contributed by atoms with Crippen LogP contribution in [0.2, 0.25) is 0 Å². The fourth-order valence-electron chi connectivity index (χ4n) is 3.70. The molecule has 0 amide bonds. The minimum Gasteiger partial charge on any atom is -0.299 e. The van der Waals surface area contributed by atoms with E-state index < -0.39 is 0 Å². The third kappa shape index (κ3) is 2.79. The largest absolute Gasteiger partial charge is 0.299 e. The lowest BCUT2D eigenvalue weighted by atomic mass is 9.96. The van der Waals surface area contributed by atoms with Gasteiger partial charge in [-0.3, -0.25) is 4.79 Å². The highest BCUT2D eigenvalue weighted by atomic mass is 32.1. The van der Waals surface area contributed by atoms with E-state index in [2.05, 4.69) is 24.9 Å². The normalized spacial score (nSPS) is 15.2. The Bertz CT molecular complexity index is 807. The third-order valence-electron chi connectivity index (χ3n) is 4.95. The van der Waals surface area contributed by atoms with Crippen molar-refractivity contribution >= 4 is 27.3 Å². The summed E-state index contributed by atoms with van der Waals surface area (Å²) in [6.07, 6.45) is 6.85. The van der Waals surface area contributed by atoms with Gasteiger partial charge in [0.2, 0.25) is 0 Å². The maximum atomic E-state index is 12.5. The number of fused-ring (bicyclic) bond motifs is 1. The summed E-state index contributed by atoms with van der Waals surface area (Å²) in [5.41, 5.74) is 3.99. The fraction of sp³-hybridized carbons (Fsp3) is 0.474.